The van der Waals surface area contributed by atoms with E-state index in [1.165, 1.54) is 53.4 Å². The van der Waals surface area contributed by atoms with Crippen LogP contribution in [0.2, 0.25) is 0 Å². The minimum Gasteiger partial charge on any atom is -0.354 e. The smallest absolute Gasteiger partial charge is 0.264 e. The SMILES string of the molecule is CCCCNC(=O)C(Cc1ccccc1)N(Cc1ccc(F)cc1)C(=O)CN(c1ccc(F)cc1)S(=O)(=O)c1ccc(C)cc1. The lowest BCUT2D eigenvalue weighted by atomic mass is 10.0. The molecule has 4 aromatic carbocycles. The Labute approximate surface area is 263 Å². The molecule has 4 aromatic rings. The topological polar surface area (TPSA) is 86.8 Å². The van der Waals surface area contributed by atoms with Crippen molar-refractivity contribution in [2.75, 3.05) is 17.4 Å². The van der Waals surface area contributed by atoms with Crippen LogP contribution in [-0.2, 0) is 32.6 Å². The Morgan fingerprint density at radius 3 is 2.00 bits per heavy atom. The fourth-order valence-electron chi connectivity index (χ4n) is 4.82. The lowest BCUT2D eigenvalue weighted by molar-refractivity contribution is -0.140. The second-order valence-corrected chi connectivity index (χ2v) is 12.7. The molecule has 45 heavy (non-hydrogen) atoms. The highest BCUT2D eigenvalue weighted by Crippen LogP contribution is 2.26. The average Bonchev–Trinajstić information content (AvgIpc) is 3.03. The van der Waals surface area contributed by atoms with Crippen LogP contribution in [-0.4, -0.2) is 44.3 Å². The number of hydrogen-bond acceptors (Lipinski definition) is 4. The van der Waals surface area contributed by atoms with Gasteiger partial charge in [0, 0.05) is 19.5 Å². The molecule has 4 rings (SSSR count). The predicted octanol–water partition coefficient (Wildman–Crippen LogP) is 6.02. The number of carbonyl (C=O) groups excluding carboxylic acids is 2. The van der Waals surface area contributed by atoms with Crippen molar-refractivity contribution in [1.82, 2.24) is 10.2 Å². The molecule has 1 atom stereocenters. The zero-order valence-electron chi connectivity index (χ0n) is 25.3. The first-order valence-corrected chi connectivity index (χ1v) is 16.2. The summed E-state index contributed by atoms with van der Waals surface area (Å²) in [7, 11) is -4.30. The second-order valence-electron chi connectivity index (χ2n) is 10.8. The largest absolute Gasteiger partial charge is 0.354 e. The first-order valence-electron chi connectivity index (χ1n) is 14.8. The van der Waals surface area contributed by atoms with Crippen LogP contribution in [0, 0.1) is 18.6 Å². The number of halogens is 2. The number of amides is 2. The van der Waals surface area contributed by atoms with E-state index in [4.69, 9.17) is 0 Å². The number of rotatable bonds is 14. The molecule has 0 fully saturated rings. The van der Waals surface area contributed by atoms with Crippen molar-refractivity contribution in [2.24, 2.45) is 0 Å². The Balaban J connectivity index is 1.78. The first-order chi connectivity index (χ1) is 21.6. The van der Waals surface area contributed by atoms with E-state index in [1.807, 2.05) is 44.2 Å². The standard InChI is InChI=1S/C35H37F2N3O4S/c1-3-4-22-38-35(42)33(23-27-8-6-5-7-9-27)39(24-28-12-14-29(36)15-13-28)34(41)25-40(31-18-16-30(37)17-19-31)45(43,44)32-20-10-26(2)11-21-32/h5-21,33H,3-4,22-25H2,1-2H3,(H,38,42). The minimum absolute atomic E-state index is 0.0477. The summed E-state index contributed by atoms with van der Waals surface area (Å²) >= 11 is 0. The van der Waals surface area contributed by atoms with Gasteiger partial charge >= 0.3 is 0 Å². The van der Waals surface area contributed by atoms with Crippen LogP contribution >= 0.6 is 0 Å². The Hall–Kier alpha value is -4.57. The molecule has 7 nitrogen and oxygen atoms in total. The number of benzene rings is 4. The molecule has 1 N–H and O–H groups in total. The van der Waals surface area contributed by atoms with Gasteiger partial charge in [0.2, 0.25) is 11.8 Å². The van der Waals surface area contributed by atoms with Crippen molar-refractivity contribution >= 4 is 27.5 Å². The van der Waals surface area contributed by atoms with E-state index in [2.05, 4.69) is 5.32 Å². The normalized spacial score (nSPS) is 11.9. The lowest BCUT2D eigenvalue weighted by Gasteiger charge is -2.34. The number of nitrogens with zero attached hydrogens (tertiary/aromatic N) is 2. The fourth-order valence-corrected chi connectivity index (χ4v) is 6.23. The number of aryl methyl sites for hydroxylation is 1. The molecule has 0 aliphatic rings. The van der Waals surface area contributed by atoms with E-state index in [0.29, 0.717) is 12.1 Å². The van der Waals surface area contributed by atoms with E-state index >= 15 is 0 Å². The lowest BCUT2D eigenvalue weighted by Crippen LogP contribution is -2.53. The van der Waals surface area contributed by atoms with Gasteiger partial charge in [-0.05, 0) is 73.0 Å². The van der Waals surface area contributed by atoms with E-state index in [9.17, 15) is 26.8 Å². The van der Waals surface area contributed by atoms with Crippen molar-refractivity contribution in [3.8, 4) is 0 Å². The van der Waals surface area contributed by atoms with Crippen molar-refractivity contribution in [3.05, 3.63) is 131 Å². The molecular formula is C35H37F2N3O4S. The van der Waals surface area contributed by atoms with Gasteiger partial charge in [0.05, 0.1) is 10.6 Å². The summed E-state index contributed by atoms with van der Waals surface area (Å²) < 4.78 is 56.6. The third kappa shape index (κ3) is 8.98. The van der Waals surface area contributed by atoms with Gasteiger partial charge in [0.15, 0.2) is 0 Å². The Morgan fingerprint density at radius 1 is 0.800 bits per heavy atom. The molecule has 0 aromatic heterocycles. The molecule has 0 saturated heterocycles. The highest BCUT2D eigenvalue weighted by atomic mass is 32.2. The van der Waals surface area contributed by atoms with Crippen molar-refractivity contribution in [1.29, 1.82) is 0 Å². The number of unbranched alkanes of at least 4 members (excludes halogenated alkanes) is 1. The van der Waals surface area contributed by atoms with Crippen LogP contribution in [0.25, 0.3) is 0 Å². The molecule has 0 aliphatic heterocycles. The molecule has 0 radical (unpaired) electrons. The van der Waals surface area contributed by atoms with Crippen LogP contribution in [0.1, 0.15) is 36.5 Å². The van der Waals surface area contributed by atoms with Crippen LogP contribution in [0.4, 0.5) is 14.5 Å². The monoisotopic (exact) mass is 633 g/mol. The van der Waals surface area contributed by atoms with Crippen molar-refractivity contribution < 1.29 is 26.8 Å². The molecule has 2 amide bonds. The van der Waals surface area contributed by atoms with Crippen LogP contribution < -0.4 is 9.62 Å². The Bertz CT molecular complexity index is 1670. The molecular weight excluding hydrogens is 596 g/mol. The number of anilines is 1. The van der Waals surface area contributed by atoms with Gasteiger partial charge in [-0.2, -0.15) is 0 Å². The second kappa shape index (κ2) is 15.4. The fraction of sp³-hybridized carbons (Fsp3) is 0.257. The Kier molecular flexibility index (Phi) is 11.4. The highest BCUT2D eigenvalue weighted by Gasteiger charge is 2.34. The van der Waals surface area contributed by atoms with Gasteiger partial charge in [-0.1, -0.05) is 73.5 Å². The quantitative estimate of drug-likeness (QED) is 0.172. The summed E-state index contributed by atoms with van der Waals surface area (Å²) in [5, 5.41) is 2.92. The molecule has 0 heterocycles. The van der Waals surface area contributed by atoms with E-state index in [1.54, 1.807) is 12.1 Å². The number of hydrogen-bond donors (Lipinski definition) is 1. The van der Waals surface area contributed by atoms with E-state index < -0.39 is 46.1 Å². The molecule has 0 spiro atoms. The number of sulfonamides is 1. The summed E-state index contributed by atoms with van der Waals surface area (Å²) in [5.74, 6) is -2.08. The summed E-state index contributed by atoms with van der Waals surface area (Å²) in [6.45, 7) is 3.47. The Morgan fingerprint density at radius 2 is 1.40 bits per heavy atom. The number of carbonyl (C=O) groups is 2. The average molecular weight is 634 g/mol. The summed E-state index contributed by atoms with van der Waals surface area (Å²) in [5.41, 5.74) is 2.28. The maximum Gasteiger partial charge on any atom is 0.264 e. The third-order valence-electron chi connectivity index (χ3n) is 7.37. The van der Waals surface area contributed by atoms with Gasteiger partial charge in [0.25, 0.3) is 10.0 Å². The minimum atomic E-state index is -4.30. The third-order valence-corrected chi connectivity index (χ3v) is 9.16. The van der Waals surface area contributed by atoms with Crippen LogP contribution in [0.3, 0.4) is 0 Å². The predicted molar refractivity (Wildman–Crippen MR) is 171 cm³/mol. The van der Waals surface area contributed by atoms with Gasteiger partial charge in [0.1, 0.15) is 24.2 Å². The van der Waals surface area contributed by atoms with Gasteiger partial charge in [-0.15, -0.1) is 0 Å². The molecule has 1 unspecified atom stereocenters. The molecule has 10 heteroatoms. The molecule has 0 saturated carbocycles. The maximum absolute atomic E-state index is 14.4. The molecule has 0 bridgehead atoms. The van der Waals surface area contributed by atoms with Crippen LogP contribution in [0.5, 0.6) is 0 Å². The summed E-state index contributed by atoms with van der Waals surface area (Å²) in [4.78, 5) is 29.4. The highest BCUT2D eigenvalue weighted by molar-refractivity contribution is 7.92. The summed E-state index contributed by atoms with van der Waals surface area (Å²) in [6.07, 6.45) is 1.75. The zero-order chi connectivity index (χ0) is 32.4. The summed E-state index contributed by atoms with van der Waals surface area (Å²) in [6, 6.07) is 24.7. The number of nitrogens with one attached hydrogen (secondary N) is 1. The first kappa shape index (κ1) is 33.3. The van der Waals surface area contributed by atoms with Crippen molar-refractivity contribution in [3.63, 3.8) is 0 Å². The van der Waals surface area contributed by atoms with Gasteiger partial charge in [-0.25, -0.2) is 17.2 Å². The van der Waals surface area contributed by atoms with Crippen molar-refractivity contribution in [2.45, 2.75) is 50.6 Å². The van der Waals surface area contributed by atoms with Gasteiger partial charge < -0.3 is 10.2 Å². The molecule has 0 aliphatic carbocycles. The maximum atomic E-state index is 14.4. The van der Waals surface area contributed by atoms with E-state index in [0.717, 1.165) is 40.4 Å². The van der Waals surface area contributed by atoms with E-state index in [-0.39, 0.29) is 23.5 Å². The van der Waals surface area contributed by atoms with Gasteiger partial charge in [-0.3, -0.25) is 13.9 Å². The zero-order valence-corrected chi connectivity index (χ0v) is 26.1. The van der Waals surface area contributed by atoms with Crippen LogP contribution in [0.15, 0.2) is 108 Å². The molecule has 236 valence electrons.